The largest absolute Gasteiger partial charge is 0.343 e. The zero-order valence-electron chi connectivity index (χ0n) is 11.0. The summed E-state index contributed by atoms with van der Waals surface area (Å²) >= 11 is 0. The number of nitrogens with one attached hydrogen (secondary N) is 1. The third kappa shape index (κ3) is 3.89. The zero-order chi connectivity index (χ0) is 14.2. The lowest BCUT2D eigenvalue weighted by molar-refractivity contribution is -0.694. The molecule has 5 heteroatoms. The van der Waals surface area contributed by atoms with Crippen molar-refractivity contribution in [2.75, 3.05) is 13.1 Å². The van der Waals surface area contributed by atoms with Gasteiger partial charge in [-0.15, -0.1) is 0 Å². The number of carbonyl (C=O) groups excluding carboxylic acids is 1. The molecule has 0 unspecified atom stereocenters. The molecule has 0 atom stereocenters. The van der Waals surface area contributed by atoms with Crippen LogP contribution in [0.15, 0.2) is 49.1 Å². The van der Waals surface area contributed by atoms with Crippen molar-refractivity contribution < 1.29 is 9.36 Å². The second-order valence-corrected chi connectivity index (χ2v) is 4.23. The summed E-state index contributed by atoms with van der Waals surface area (Å²) in [5.41, 5.74) is 2.25. The lowest BCUT2D eigenvalue weighted by Gasteiger charge is -2.01. The molecule has 2 aromatic rings. The van der Waals surface area contributed by atoms with Gasteiger partial charge in [-0.25, -0.2) is 11.1 Å². The van der Waals surface area contributed by atoms with Gasteiger partial charge in [-0.1, -0.05) is 0 Å². The van der Waals surface area contributed by atoms with Gasteiger partial charge in [0, 0.05) is 24.5 Å². The average Bonchev–Trinajstić information content (AvgIpc) is 2.49. The molecule has 5 nitrogen and oxygen atoms in total. The lowest BCUT2D eigenvalue weighted by Crippen LogP contribution is -2.40. The molecule has 0 saturated heterocycles. The first kappa shape index (κ1) is 13.7. The Hall–Kier alpha value is -2.74. The van der Waals surface area contributed by atoms with Crippen molar-refractivity contribution >= 4 is 5.91 Å². The quantitative estimate of drug-likeness (QED) is 0.651. The molecule has 100 valence electrons. The Morgan fingerprint density at radius 3 is 2.50 bits per heavy atom. The van der Waals surface area contributed by atoms with Crippen LogP contribution in [0.5, 0.6) is 0 Å². The monoisotopic (exact) mass is 267 g/mol. The maximum absolute atomic E-state index is 11.1. The van der Waals surface area contributed by atoms with E-state index in [-0.39, 0.29) is 12.5 Å². The Balaban J connectivity index is 1.89. The van der Waals surface area contributed by atoms with Crippen LogP contribution >= 0.6 is 0 Å². The second kappa shape index (κ2) is 7.00. The Bertz CT molecular complexity index is 602. The lowest BCUT2D eigenvalue weighted by atomic mass is 10.1. The van der Waals surface area contributed by atoms with E-state index in [9.17, 15) is 4.79 Å². The van der Waals surface area contributed by atoms with Crippen molar-refractivity contribution in [3.05, 3.63) is 60.5 Å². The summed E-state index contributed by atoms with van der Waals surface area (Å²) in [4.78, 5) is 18.2. The molecule has 0 aliphatic rings. The van der Waals surface area contributed by atoms with E-state index in [2.05, 4.69) is 15.1 Å². The average molecular weight is 267 g/mol. The number of hydrogen-bond acceptors (Lipinski definition) is 2. The van der Waals surface area contributed by atoms with Crippen LogP contribution in [-0.4, -0.2) is 24.0 Å². The van der Waals surface area contributed by atoms with E-state index in [1.165, 1.54) is 0 Å². The van der Waals surface area contributed by atoms with Crippen LogP contribution in [0.4, 0.5) is 0 Å². The summed E-state index contributed by atoms with van der Waals surface area (Å²) < 4.78 is 1.99. The summed E-state index contributed by atoms with van der Waals surface area (Å²) in [5.74, 6) is -0.228. The van der Waals surface area contributed by atoms with Crippen LogP contribution in [-0.2, 0) is 11.3 Å². The molecule has 2 heterocycles. The molecular formula is C15H15N4O+. The summed E-state index contributed by atoms with van der Waals surface area (Å²) in [6.45, 7) is 7.69. The summed E-state index contributed by atoms with van der Waals surface area (Å²) in [6, 6.07) is 7.97. The van der Waals surface area contributed by atoms with Crippen molar-refractivity contribution in [2.24, 2.45) is 0 Å². The van der Waals surface area contributed by atoms with Gasteiger partial charge in [0.05, 0.1) is 6.54 Å². The third-order valence-electron chi connectivity index (χ3n) is 2.82. The Kier molecular flexibility index (Phi) is 4.79. The van der Waals surface area contributed by atoms with Gasteiger partial charge in [-0.05, 0) is 23.3 Å². The predicted octanol–water partition coefficient (Wildman–Crippen LogP) is 1.07. The zero-order valence-corrected chi connectivity index (χ0v) is 11.0. The smallest absolute Gasteiger partial charge is 0.300 e. The molecule has 0 aliphatic heterocycles. The molecule has 1 N–H and O–H groups in total. The molecule has 0 spiro atoms. The molecule has 1 amide bonds. The van der Waals surface area contributed by atoms with Crippen molar-refractivity contribution in [3.63, 3.8) is 0 Å². The third-order valence-corrected chi connectivity index (χ3v) is 2.82. The number of pyridine rings is 2. The fraction of sp³-hybridized carbons (Fsp3) is 0.200. The van der Waals surface area contributed by atoms with E-state index in [1.807, 2.05) is 41.2 Å². The van der Waals surface area contributed by atoms with Crippen LogP contribution in [0.2, 0.25) is 0 Å². The van der Waals surface area contributed by atoms with Gasteiger partial charge in [-0.3, -0.25) is 9.78 Å². The Labute approximate surface area is 117 Å². The molecule has 20 heavy (non-hydrogen) atoms. The number of amides is 1. The van der Waals surface area contributed by atoms with Gasteiger partial charge in [0.2, 0.25) is 0 Å². The summed E-state index contributed by atoms with van der Waals surface area (Å²) in [5, 5.41) is 2.70. The number of nitrogens with zero attached hydrogens (tertiary/aromatic N) is 3. The maximum atomic E-state index is 11.1. The maximum Gasteiger partial charge on any atom is 0.300 e. The number of carbonyl (C=O) groups is 1. The molecule has 0 aliphatic carbocycles. The van der Waals surface area contributed by atoms with E-state index in [0.717, 1.165) is 11.1 Å². The highest BCUT2D eigenvalue weighted by Crippen LogP contribution is 2.15. The van der Waals surface area contributed by atoms with Crippen LogP contribution < -0.4 is 9.88 Å². The predicted molar refractivity (Wildman–Crippen MR) is 74.3 cm³/mol. The van der Waals surface area contributed by atoms with Crippen LogP contribution in [0.1, 0.15) is 0 Å². The van der Waals surface area contributed by atoms with E-state index in [4.69, 9.17) is 6.57 Å². The standard InChI is InChI=1S/C15H14N4O/c1-16-12-15(20)18-8-11-19-9-4-14(5-10-19)13-2-6-17-7-3-13/h2-7,9-10H,8,11-12H2/p+1. The minimum absolute atomic E-state index is 0.106. The number of aromatic nitrogens is 2. The molecule has 0 aromatic carbocycles. The minimum Gasteiger partial charge on any atom is -0.343 e. The SMILES string of the molecule is [C-]#[N+]CC(=O)NCC[n+]1ccc(-c2ccncc2)cc1. The van der Waals surface area contributed by atoms with Crippen LogP contribution in [0, 0.1) is 6.57 Å². The van der Waals surface area contributed by atoms with E-state index in [1.54, 1.807) is 12.4 Å². The second-order valence-electron chi connectivity index (χ2n) is 4.23. The van der Waals surface area contributed by atoms with Crippen molar-refractivity contribution in [2.45, 2.75) is 6.54 Å². The number of rotatable bonds is 5. The molecule has 0 fully saturated rings. The fourth-order valence-electron chi connectivity index (χ4n) is 1.80. The van der Waals surface area contributed by atoms with E-state index in [0.29, 0.717) is 13.1 Å². The van der Waals surface area contributed by atoms with E-state index < -0.39 is 0 Å². The Morgan fingerprint density at radius 2 is 1.85 bits per heavy atom. The first-order chi connectivity index (χ1) is 9.79. The van der Waals surface area contributed by atoms with Crippen LogP contribution in [0.3, 0.4) is 0 Å². The Morgan fingerprint density at radius 1 is 1.20 bits per heavy atom. The van der Waals surface area contributed by atoms with Gasteiger partial charge >= 0.3 is 0 Å². The molecule has 0 bridgehead atoms. The first-order valence-corrected chi connectivity index (χ1v) is 6.29. The van der Waals surface area contributed by atoms with Crippen molar-refractivity contribution in [1.82, 2.24) is 10.3 Å². The van der Waals surface area contributed by atoms with Crippen molar-refractivity contribution in [1.29, 1.82) is 0 Å². The van der Waals surface area contributed by atoms with Crippen LogP contribution in [0.25, 0.3) is 16.0 Å². The normalized spacial score (nSPS) is 9.75. The summed E-state index contributed by atoms with van der Waals surface area (Å²) in [6.07, 6.45) is 7.47. The highest BCUT2D eigenvalue weighted by Gasteiger charge is 2.05. The van der Waals surface area contributed by atoms with Gasteiger partial charge in [0.1, 0.15) is 0 Å². The summed E-state index contributed by atoms with van der Waals surface area (Å²) in [7, 11) is 0. The molecule has 0 saturated carbocycles. The van der Waals surface area contributed by atoms with Gasteiger partial charge in [-0.2, -0.15) is 0 Å². The topological polar surface area (TPSA) is 50.2 Å². The highest BCUT2D eigenvalue weighted by atomic mass is 16.1. The fourth-order valence-corrected chi connectivity index (χ4v) is 1.80. The number of hydrogen-bond donors (Lipinski definition) is 1. The molecular weight excluding hydrogens is 252 g/mol. The van der Waals surface area contributed by atoms with Gasteiger partial charge < -0.3 is 10.2 Å². The highest BCUT2D eigenvalue weighted by molar-refractivity contribution is 5.79. The first-order valence-electron chi connectivity index (χ1n) is 6.29. The van der Waals surface area contributed by atoms with Gasteiger partial charge in [0.25, 0.3) is 12.5 Å². The molecule has 0 radical (unpaired) electrons. The molecule has 2 rings (SSSR count). The molecule has 2 aromatic heterocycles. The van der Waals surface area contributed by atoms with E-state index >= 15 is 0 Å². The van der Waals surface area contributed by atoms with Gasteiger partial charge in [0.15, 0.2) is 18.9 Å². The van der Waals surface area contributed by atoms with Crippen molar-refractivity contribution in [3.8, 4) is 11.1 Å². The minimum atomic E-state index is -0.228.